The van der Waals surface area contributed by atoms with Crippen molar-refractivity contribution in [3.8, 4) is 0 Å². The lowest BCUT2D eigenvalue weighted by molar-refractivity contribution is 0.249. The molecule has 1 aromatic rings. The van der Waals surface area contributed by atoms with Crippen LogP contribution in [0.25, 0.3) is 0 Å². The third-order valence-electron chi connectivity index (χ3n) is 3.64. The molecule has 2 rings (SSSR count). The lowest BCUT2D eigenvalue weighted by Gasteiger charge is -2.33. The van der Waals surface area contributed by atoms with Gasteiger partial charge in [0.05, 0.1) is 6.54 Å². The minimum absolute atomic E-state index is 0.124. The van der Waals surface area contributed by atoms with Gasteiger partial charge in [-0.2, -0.15) is 4.31 Å². The van der Waals surface area contributed by atoms with Crippen LogP contribution < -0.4 is 5.32 Å². The van der Waals surface area contributed by atoms with Crippen molar-refractivity contribution in [3.63, 3.8) is 0 Å². The Morgan fingerprint density at radius 3 is 2.65 bits per heavy atom. The van der Waals surface area contributed by atoms with Gasteiger partial charge in [0.2, 0.25) is 10.0 Å². The highest BCUT2D eigenvalue weighted by Gasteiger charge is 2.34. The molecular weight excluding hydrogens is 344 g/mol. The molecule has 1 aromatic heterocycles. The Labute approximate surface area is 128 Å². The maximum Gasteiger partial charge on any atom is 0.247 e. The third-order valence-corrected chi connectivity index (χ3v) is 6.40. The summed E-state index contributed by atoms with van der Waals surface area (Å²) in [6.07, 6.45) is 2.97. The second-order valence-corrected chi connectivity index (χ2v) is 8.18. The Morgan fingerprint density at radius 2 is 2.15 bits per heavy atom. The first kappa shape index (κ1) is 16.0. The highest BCUT2D eigenvalue weighted by Crippen LogP contribution is 2.33. The highest BCUT2D eigenvalue weighted by atomic mass is 79.9. The van der Waals surface area contributed by atoms with E-state index < -0.39 is 10.0 Å². The summed E-state index contributed by atoms with van der Waals surface area (Å²) >= 11 is 3.22. The minimum atomic E-state index is -3.48. The molecule has 0 aliphatic heterocycles. The molecule has 1 aliphatic rings. The van der Waals surface area contributed by atoms with Gasteiger partial charge in [0.15, 0.2) is 4.67 Å². The molecule has 0 bridgehead atoms. The molecule has 114 valence electrons. The monoisotopic (exact) mass is 364 g/mol. The Morgan fingerprint density at radius 1 is 1.50 bits per heavy atom. The fourth-order valence-electron chi connectivity index (χ4n) is 2.07. The molecule has 0 amide bonds. The Balaban J connectivity index is 2.18. The predicted molar refractivity (Wildman–Crippen MR) is 81.0 cm³/mol. The summed E-state index contributed by atoms with van der Waals surface area (Å²) in [5.74, 6) is 0.617. The van der Waals surface area contributed by atoms with Gasteiger partial charge in [-0.25, -0.2) is 8.42 Å². The molecule has 0 saturated heterocycles. The van der Waals surface area contributed by atoms with Crippen molar-refractivity contribution in [2.45, 2.75) is 56.6 Å². The first-order valence-corrected chi connectivity index (χ1v) is 9.05. The molecule has 7 heteroatoms. The number of hydrogen-bond acceptors (Lipinski definition) is 4. The van der Waals surface area contributed by atoms with Gasteiger partial charge in [-0.1, -0.05) is 20.3 Å². The number of nitrogens with one attached hydrogen (secondary N) is 1. The van der Waals surface area contributed by atoms with Gasteiger partial charge in [-0.3, -0.25) is 0 Å². The lowest BCUT2D eigenvalue weighted by Crippen LogP contribution is -2.41. The Bertz CT molecular complexity index is 564. The van der Waals surface area contributed by atoms with E-state index in [1.165, 1.54) is 4.31 Å². The second-order valence-electron chi connectivity index (χ2n) is 5.49. The van der Waals surface area contributed by atoms with Gasteiger partial charge in [-0.15, -0.1) is 0 Å². The zero-order valence-corrected chi connectivity index (χ0v) is 14.4. The molecule has 20 heavy (non-hydrogen) atoms. The van der Waals surface area contributed by atoms with E-state index in [1.54, 1.807) is 13.1 Å². The van der Waals surface area contributed by atoms with Crippen LogP contribution >= 0.6 is 15.9 Å². The molecule has 0 unspecified atom stereocenters. The molecule has 1 aliphatic carbocycles. The first-order valence-electron chi connectivity index (χ1n) is 6.82. The largest absolute Gasteiger partial charge is 0.452 e. The SMILES string of the molecule is CC(C)NCc1cc(S(=O)(=O)N(C)C2CCC2)c(Br)o1. The van der Waals surface area contributed by atoms with E-state index in [9.17, 15) is 8.42 Å². The Kier molecular flexibility index (Phi) is 4.94. The van der Waals surface area contributed by atoms with Crippen LogP contribution in [0.3, 0.4) is 0 Å². The quantitative estimate of drug-likeness (QED) is 0.842. The average molecular weight is 365 g/mol. The smallest absolute Gasteiger partial charge is 0.247 e. The van der Waals surface area contributed by atoms with Crippen molar-refractivity contribution in [2.75, 3.05) is 7.05 Å². The van der Waals surface area contributed by atoms with Gasteiger partial charge >= 0.3 is 0 Å². The van der Waals surface area contributed by atoms with Crippen LogP contribution in [0.2, 0.25) is 0 Å². The summed E-state index contributed by atoms with van der Waals surface area (Å²) in [6, 6.07) is 2.04. The summed E-state index contributed by atoms with van der Waals surface area (Å²) in [4.78, 5) is 0.215. The van der Waals surface area contributed by atoms with Crippen LogP contribution in [-0.4, -0.2) is 31.9 Å². The standard InChI is InChI=1S/C13H21BrN2O3S/c1-9(2)15-8-11-7-12(13(14)19-11)20(17,18)16(3)10-5-4-6-10/h7,9-10,15H,4-6,8H2,1-3H3. The zero-order chi connectivity index (χ0) is 14.9. The van der Waals surface area contributed by atoms with Crippen LogP contribution in [0.5, 0.6) is 0 Å². The van der Waals surface area contributed by atoms with Crippen molar-refractivity contribution in [1.82, 2.24) is 9.62 Å². The van der Waals surface area contributed by atoms with Crippen molar-refractivity contribution < 1.29 is 12.8 Å². The molecule has 1 saturated carbocycles. The fourth-order valence-corrected chi connectivity index (χ4v) is 4.44. The van der Waals surface area contributed by atoms with Crippen LogP contribution in [0.15, 0.2) is 20.0 Å². The van der Waals surface area contributed by atoms with Crippen LogP contribution in [0.1, 0.15) is 38.9 Å². The molecule has 1 fully saturated rings. The van der Waals surface area contributed by atoms with E-state index in [1.807, 2.05) is 13.8 Å². The second kappa shape index (κ2) is 6.17. The van der Waals surface area contributed by atoms with Crippen LogP contribution in [0, 0.1) is 0 Å². The van der Waals surface area contributed by atoms with Gasteiger partial charge in [-0.05, 0) is 28.8 Å². The zero-order valence-electron chi connectivity index (χ0n) is 12.0. The lowest BCUT2D eigenvalue weighted by atomic mass is 9.94. The predicted octanol–water partition coefficient (Wildman–Crippen LogP) is 2.71. The number of nitrogens with zero attached hydrogens (tertiary/aromatic N) is 1. The molecule has 0 aromatic carbocycles. The molecule has 0 spiro atoms. The number of hydrogen-bond donors (Lipinski definition) is 1. The third kappa shape index (κ3) is 3.27. The number of rotatable bonds is 6. The van der Waals surface area contributed by atoms with Crippen molar-refractivity contribution >= 4 is 26.0 Å². The van der Waals surface area contributed by atoms with Crippen molar-refractivity contribution in [1.29, 1.82) is 0 Å². The van der Waals surface area contributed by atoms with Gasteiger partial charge in [0, 0.05) is 25.2 Å². The van der Waals surface area contributed by atoms with E-state index in [-0.39, 0.29) is 15.6 Å². The molecule has 1 heterocycles. The molecule has 0 radical (unpaired) electrons. The minimum Gasteiger partial charge on any atom is -0.452 e. The first-order chi connectivity index (χ1) is 9.32. The molecule has 0 atom stereocenters. The van der Waals surface area contributed by atoms with E-state index in [4.69, 9.17) is 4.42 Å². The van der Waals surface area contributed by atoms with E-state index in [2.05, 4.69) is 21.2 Å². The van der Waals surface area contributed by atoms with Gasteiger partial charge < -0.3 is 9.73 Å². The van der Waals surface area contributed by atoms with E-state index in [0.717, 1.165) is 19.3 Å². The summed E-state index contributed by atoms with van der Waals surface area (Å²) in [6.45, 7) is 4.57. The van der Waals surface area contributed by atoms with Crippen LogP contribution in [-0.2, 0) is 16.6 Å². The summed E-state index contributed by atoms with van der Waals surface area (Å²) in [7, 11) is -1.84. The number of furan rings is 1. The molecule has 1 N–H and O–H groups in total. The highest BCUT2D eigenvalue weighted by molar-refractivity contribution is 9.10. The topological polar surface area (TPSA) is 62.6 Å². The Hall–Kier alpha value is -0.370. The van der Waals surface area contributed by atoms with Gasteiger partial charge in [0.1, 0.15) is 10.7 Å². The van der Waals surface area contributed by atoms with Gasteiger partial charge in [0.25, 0.3) is 0 Å². The number of sulfonamides is 1. The summed E-state index contributed by atoms with van der Waals surface area (Å²) < 4.78 is 32.3. The number of halogens is 1. The summed E-state index contributed by atoms with van der Waals surface area (Å²) in [5.41, 5.74) is 0. The maximum absolute atomic E-state index is 12.6. The van der Waals surface area contributed by atoms with E-state index in [0.29, 0.717) is 18.3 Å². The molecule has 5 nitrogen and oxygen atoms in total. The van der Waals surface area contributed by atoms with Crippen molar-refractivity contribution in [2.24, 2.45) is 0 Å². The average Bonchev–Trinajstić information content (AvgIpc) is 2.66. The molecular formula is C13H21BrN2O3S. The fraction of sp³-hybridized carbons (Fsp3) is 0.692. The van der Waals surface area contributed by atoms with E-state index >= 15 is 0 Å². The normalized spacial score (nSPS) is 16.9. The maximum atomic E-state index is 12.6. The summed E-state index contributed by atoms with van der Waals surface area (Å²) in [5, 5.41) is 3.21. The van der Waals surface area contributed by atoms with Crippen LogP contribution in [0.4, 0.5) is 0 Å². The van der Waals surface area contributed by atoms with Crippen molar-refractivity contribution in [3.05, 3.63) is 16.5 Å².